The van der Waals surface area contributed by atoms with Crippen molar-refractivity contribution < 1.29 is 13.5 Å². The molecule has 2 heterocycles. The minimum Gasteiger partial charge on any atom is -0.508 e. The number of aromatic hydroxyl groups is 1. The zero-order chi connectivity index (χ0) is 13.5. The smallest absolute Gasteiger partial charge is 0.183 e. The number of piperazine rings is 1. The SMILES string of the molecule is O=S1(=O)c2cccc(O)c2CC1CN1CCNCC1. The van der Waals surface area contributed by atoms with Gasteiger partial charge in [-0.25, -0.2) is 8.42 Å². The van der Waals surface area contributed by atoms with Gasteiger partial charge in [-0.15, -0.1) is 0 Å². The van der Waals surface area contributed by atoms with Gasteiger partial charge in [0.2, 0.25) is 0 Å². The molecule has 1 atom stereocenters. The maximum Gasteiger partial charge on any atom is 0.183 e. The summed E-state index contributed by atoms with van der Waals surface area (Å²) in [6, 6.07) is 4.75. The number of phenols is 1. The van der Waals surface area contributed by atoms with Gasteiger partial charge in [-0.2, -0.15) is 0 Å². The monoisotopic (exact) mass is 282 g/mol. The summed E-state index contributed by atoms with van der Waals surface area (Å²) in [5.41, 5.74) is 0.586. The summed E-state index contributed by atoms with van der Waals surface area (Å²) in [5.74, 6) is 0.101. The fourth-order valence-electron chi connectivity index (χ4n) is 2.89. The molecule has 1 aromatic rings. The van der Waals surface area contributed by atoms with Gasteiger partial charge in [0.1, 0.15) is 5.75 Å². The van der Waals surface area contributed by atoms with Crippen molar-refractivity contribution in [3.63, 3.8) is 0 Å². The topological polar surface area (TPSA) is 69.6 Å². The number of hydrogen-bond donors (Lipinski definition) is 2. The summed E-state index contributed by atoms with van der Waals surface area (Å²) in [7, 11) is -3.29. The van der Waals surface area contributed by atoms with Crippen molar-refractivity contribution in [1.82, 2.24) is 10.2 Å². The second kappa shape index (κ2) is 4.77. The van der Waals surface area contributed by atoms with Crippen molar-refractivity contribution in [3.8, 4) is 5.75 Å². The van der Waals surface area contributed by atoms with Crippen LogP contribution in [0, 0.1) is 0 Å². The molecule has 1 saturated heterocycles. The Morgan fingerprint density at radius 3 is 2.74 bits per heavy atom. The van der Waals surface area contributed by atoms with Crippen LogP contribution >= 0.6 is 0 Å². The molecule has 1 fully saturated rings. The lowest BCUT2D eigenvalue weighted by Gasteiger charge is -2.29. The zero-order valence-electron chi connectivity index (χ0n) is 10.7. The molecule has 0 bridgehead atoms. The number of sulfone groups is 1. The third kappa shape index (κ3) is 2.24. The van der Waals surface area contributed by atoms with Crippen molar-refractivity contribution in [2.24, 2.45) is 0 Å². The highest BCUT2D eigenvalue weighted by atomic mass is 32.2. The van der Waals surface area contributed by atoms with Crippen molar-refractivity contribution in [3.05, 3.63) is 23.8 Å². The summed E-state index contributed by atoms with van der Waals surface area (Å²) >= 11 is 0. The molecular formula is C13H18N2O3S. The molecule has 2 aliphatic rings. The zero-order valence-corrected chi connectivity index (χ0v) is 11.5. The van der Waals surface area contributed by atoms with E-state index in [1.165, 1.54) is 0 Å². The Morgan fingerprint density at radius 2 is 2.05 bits per heavy atom. The standard InChI is InChI=1S/C13H18N2O3S/c16-12-2-1-3-13-11(12)8-10(19(13,17)18)9-15-6-4-14-5-7-15/h1-3,10,14,16H,4-9H2. The van der Waals surface area contributed by atoms with Crippen LogP contribution in [0.15, 0.2) is 23.1 Å². The van der Waals surface area contributed by atoms with Crippen LogP contribution in [0.3, 0.4) is 0 Å². The average molecular weight is 282 g/mol. The lowest BCUT2D eigenvalue weighted by atomic mass is 10.1. The van der Waals surface area contributed by atoms with Gasteiger partial charge in [0.05, 0.1) is 10.1 Å². The Balaban J connectivity index is 1.84. The number of fused-ring (bicyclic) bond motifs is 1. The van der Waals surface area contributed by atoms with Gasteiger partial charge < -0.3 is 10.4 Å². The van der Waals surface area contributed by atoms with Crippen molar-refractivity contribution >= 4 is 9.84 Å². The molecule has 0 spiro atoms. The first kappa shape index (κ1) is 12.9. The summed E-state index contributed by atoms with van der Waals surface area (Å²) in [6.07, 6.45) is 0.425. The molecule has 0 aliphatic carbocycles. The van der Waals surface area contributed by atoms with Crippen molar-refractivity contribution in [2.45, 2.75) is 16.6 Å². The highest BCUT2D eigenvalue weighted by molar-refractivity contribution is 7.92. The molecule has 1 unspecified atom stereocenters. The molecule has 0 aromatic heterocycles. The molecule has 0 amide bonds. The van der Waals surface area contributed by atoms with E-state index in [4.69, 9.17) is 0 Å². The van der Waals surface area contributed by atoms with E-state index in [9.17, 15) is 13.5 Å². The van der Waals surface area contributed by atoms with Crippen LogP contribution in [0.4, 0.5) is 0 Å². The largest absolute Gasteiger partial charge is 0.508 e. The molecular weight excluding hydrogens is 264 g/mol. The molecule has 1 aromatic carbocycles. The highest BCUT2D eigenvalue weighted by Gasteiger charge is 2.39. The Labute approximate surface area is 113 Å². The predicted octanol–water partition coefficient (Wildman–Crippen LogP) is -0.00420. The van der Waals surface area contributed by atoms with Crippen molar-refractivity contribution in [1.29, 1.82) is 0 Å². The molecule has 2 aliphatic heterocycles. The van der Waals surface area contributed by atoms with E-state index < -0.39 is 15.1 Å². The highest BCUT2D eigenvalue weighted by Crippen LogP contribution is 2.36. The Kier molecular flexibility index (Phi) is 3.24. The molecule has 19 heavy (non-hydrogen) atoms. The minimum atomic E-state index is -3.29. The van der Waals surface area contributed by atoms with E-state index in [-0.39, 0.29) is 5.75 Å². The van der Waals surface area contributed by atoms with E-state index in [1.54, 1.807) is 18.2 Å². The predicted molar refractivity (Wildman–Crippen MR) is 72.1 cm³/mol. The summed E-state index contributed by atoms with van der Waals surface area (Å²) < 4.78 is 24.9. The lowest BCUT2D eigenvalue weighted by Crippen LogP contribution is -2.47. The second-order valence-corrected chi connectivity index (χ2v) is 7.37. The number of rotatable bonds is 2. The first-order valence-electron chi connectivity index (χ1n) is 6.57. The molecule has 3 rings (SSSR count). The van der Waals surface area contributed by atoms with Crippen LogP contribution in [-0.4, -0.2) is 56.4 Å². The van der Waals surface area contributed by atoms with Gasteiger partial charge >= 0.3 is 0 Å². The molecule has 0 saturated carbocycles. The average Bonchev–Trinajstić information content (AvgIpc) is 2.65. The molecule has 0 radical (unpaired) electrons. The second-order valence-electron chi connectivity index (χ2n) is 5.18. The summed E-state index contributed by atoms with van der Waals surface area (Å²) in [5, 5.41) is 12.6. The molecule has 104 valence electrons. The van der Waals surface area contributed by atoms with Crippen LogP contribution in [0.1, 0.15) is 5.56 Å². The van der Waals surface area contributed by atoms with Gasteiger partial charge in [-0.05, 0) is 18.6 Å². The van der Waals surface area contributed by atoms with E-state index in [1.807, 2.05) is 0 Å². The fraction of sp³-hybridized carbons (Fsp3) is 0.538. The minimum absolute atomic E-state index is 0.101. The number of hydrogen-bond acceptors (Lipinski definition) is 5. The number of nitrogens with zero attached hydrogens (tertiary/aromatic N) is 1. The van der Waals surface area contributed by atoms with Gasteiger partial charge in [0.25, 0.3) is 0 Å². The lowest BCUT2D eigenvalue weighted by molar-refractivity contribution is 0.240. The first-order chi connectivity index (χ1) is 9.09. The van der Waals surface area contributed by atoms with E-state index in [0.29, 0.717) is 23.4 Å². The van der Waals surface area contributed by atoms with Gasteiger partial charge in [-0.1, -0.05) is 6.07 Å². The summed E-state index contributed by atoms with van der Waals surface area (Å²) in [4.78, 5) is 2.49. The number of nitrogens with one attached hydrogen (secondary N) is 1. The maximum absolute atomic E-state index is 12.5. The fourth-order valence-corrected chi connectivity index (χ4v) is 4.84. The Hall–Kier alpha value is -1.11. The third-order valence-corrected chi connectivity index (χ3v) is 6.15. The quantitative estimate of drug-likeness (QED) is 0.799. The van der Waals surface area contributed by atoms with Crippen LogP contribution in [0.25, 0.3) is 0 Å². The Morgan fingerprint density at radius 1 is 1.32 bits per heavy atom. The molecule has 5 nitrogen and oxygen atoms in total. The third-order valence-electron chi connectivity index (χ3n) is 3.96. The first-order valence-corrected chi connectivity index (χ1v) is 8.11. The van der Waals surface area contributed by atoms with E-state index in [0.717, 1.165) is 26.2 Å². The van der Waals surface area contributed by atoms with Crippen LogP contribution in [-0.2, 0) is 16.3 Å². The maximum atomic E-state index is 12.5. The van der Waals surface area contributed by atoms with E-state index in [2.05, 4.69) is 10.2 Å². The number of phenolic OH excluding ortho intramolecular Hbond substituents is 1. The Bertz CT molecular complexity index is 580. The molecule has 6 heteroatoms. The van der Waals surface area contributed by atoms with E-state index >= 15 is 0 Å². The van der Waals surface area contributed by atoms with Gasteiger partial charge in [-0.3, -0.25) is 4.90 Å². The summed E-state index contributed by atoms with van der Waals surface area (Å²) in [6.45, 7) is 4.14. The number of benzene rings is 1. The van der Waals surface area contributed by atoms with Crippen molar-refractivity contribution in [2.75, 3.05) is 32.7 Å². The van der Waals surface area contributed by atoms with Crippen LogP contribution < -0.4 is 5.32 Å². The van der Waals surface area contributed by atoms with Crippen LogP contribution in [0.2, 0.25) is 0 Å². The normalized spacial score (nSPS) is 26.2. The van der Waals surface area contributed by atoms with Gasteiger partial charge in [0, 0.05) is 38.3 Å². The van der Waals surface area contributed by atoms with Crippen LogP contribution in [0.5, 0.6) is 5.75 Å². The van der Waals surface area contributed by atoms with Gasteiger partial charge in [0.15, 0.2) is 9.84 Å². The molecule has 2 N–H and O–H groups in total.